The smallest absolute Gasteiger partial charge is 0.337 e. The van der Waals surface area contributed by atoms with Gasteiger partial charge in [-0.3, -0.25) is 14.7 Å². The Morgan fingerprint density at radius 1 is 1.24 bits per heavy atom. The molecular weight excluding hydrogens is 278 g/mol. The van der Waals surface area contributed by atoms with Crippen molar-refractivity contribution in [2.75, 3.05) is 10.6 Å². The van der Waals surface area contributed by atoms with E-state index in [1.54, 1.807) is 0 Å². The van der Waals surface area contributed by atoms with Gasteiger partial charge in [-0.1, -0.05) is 0 Å². The fraction of sp³-hybridized carbons (Fsp3) is 0.0833. The van der Waals surface area contributed by atoms with Gasteiger partial charge in [-0.25, -0.2) is 9.78 Å². The summed E-state index contributed by atoms with van der Waals surface area (Å²) in [5.74, 6) is -2.24. The Hall–Kier alpha value is -3.23. The van der Waals surface area contributed by atoms with Crippen LogP contribution < -0.4 is 10.6 Å². The number of hydrogen-bond donors (Lipinski definition) is 4. The Bertz CT molecular complexity index is 696. The van der Waals surface area contributed by atoms with Gasteiger partial charge in [0.15, 0.2) is 0 Å². The van der Waals surface area contributed by atoms with Crippen LogP contribution in [0.2, 0.25) is 0 Å². The third-order valence-electron chi connectivity index (χ3n) is 2.45. The molecule has 0 saturated carbocycles. The second-order valence-electron chi connectivity index (χ2n) is 4.03. The van der Waals surface area contributed by atoms with Crippen LogP contribution in [0.1, 0.15) is 27.9 Å². The van der Waals surface area contributed by atoms with E-state index >= 15 is 0 Å². The van der Waals surface area contributed by atoms with E-state index in [9.17, 15) is 14.4 Å². The van der Waals surface area contributed by atoms with Crippen molar-refractivity contribution in [1.82, 2.24) is 15.2 Å². The minimum atomic E-state index is -1.24. The second-order valence-corrected chi connectivity index (χ2v) is 4.03. The average Bonchev–Trinajstić information content (AvgIpc) is 2.93. The molecule has 0 aliphatic rings. The van der Waals surface area contributed by atoms with Gasteiger partial charge in [-0.2, -0.15) is 5.10 Å². The summed E-state index contributed by atoms with van der Waals surface area (Å²) in [7, 11) is 0. The summed E-state index contributed by atoms with van der Waals surface area (Å²) in [4.78, 5) is 37.7. The van der Waals surface area contributed by atoms with Crippen LogP contribution >= 0.6 is 0 Å². The Labute approximate surface area is 118 Å². The first-order valence-corrected chi connectivity index (χ1v) is 5.79. The van der Waals surface area contributed by atoms with Gasteiger partial charge in [-0.05, 0) is 18.2 Å². The zero-order chi connectivity index (χ0) is 15.4. The third kappa shape index (κ3) is 3.41. The zero-order valence-electron chi connectivity index (χ0n) is 10.9. The Morgan fingerprint density at radius 3 is 2.57 bits per heavy atom. The molecule has 1 heterocycles. The molecule has 0 saturated heterocycles. The number of carboxylic acid groups (broad SMARTS) is 1. The molecule has 0 unspecified atom stereocenters. The maximum absolute atomic E-state index is 11.8. The van der Waals surface area contributed by atoms with Gasteiger partial charge in [0.05, 0.1) is 11.3 Å². The fourth-order valence-corrected chi connectivity index (χ4v) is 1.61. The average molecular weight is 289 g/mol. The van der Waals surface area contributed by atoms with Crippen molar-refractivity contribution in [2.24, 2.45) is 0 Å². The lowest BCUT2D eigenvalue weighted by atomic mass is 10.1. The van der Waals surface area contributed by atoms with E-state index in [1.807, 2.05) is 0 Å². The maximum Gasteiger partial charge on any atom is 0.337 e. The Balaban J connectivity index is 2.28. The van der Waals surface area contributed by atoms with E-state index in [4.69, 9.17) is 5.11 Å². The SMILES string of the molecule is CC(=O)Nc1ccc(NC(=O)c2ncn[nH]2)c(C(=O)O)c1. The van der Waals surface area contributed by atoms with Crippen LogP contribution in [0.3, 0.4) is 0 Å². The van der Waals surface area contributed by atoms with Crippen LogP contribution in [0.4, 0.5) is 11.4 Å². The monoisotopic (exact) mass is 289 g/mol. The molecule has 0 atom stereocenters. The topological polar surface area (TPSA) is 137 Å². The predicted molar refractivity (Wildman–Crippen MR) is 72.0 cm³/mol. The van der Waals surface area contributed by atoms with Gasteiger partial charge >= 0.3 is 5.97 Å². The van der Waals surface area contributed by atoms with Gasteiger partial charge in [0.25, 0.3) is 5.91 Å². The Morgan fingerprint density at radius 2 is 2.00 bits per heavy atom. The van der Waals surface area contributed by atoms with Crippen LogP contribution in [-0.4, -0.2) is 38.1 Å². The molecule has 0 aliphatic carbocycles. The van der Waals surface area contributed by atoms with E-state index in [0.717, 1.165) is 6.33 Å². The lowest BCUT2D eigenvalue weighted by Gasteiger charge is -2.09. The van der Waals surface area contributed by atoms with Crippen LogP contribution in [0.25, 0.3) is 0 Å². The number of benzene rings is 1. The van der Waals surface area contributed by atoms with Crippen LogP contribution in [-0.2, 0) is 4.79 Å². The highest BCUT2D eigenvalue weighted by Gasteiger charge is 2.16. The number of aromatic nitrogens is 3. The van der Waals surface area contributed by atoms with Gasteiger partial charge in [0.1, 0.15) is 6.33 Å². The van der Waals surface area contributed by atoms with Crippen molar-refractivity contribution >= 4 is 29.2 Å². The molecule has 9 heteroatoms. The first-order chi connectivity index (χ1) is 9.97. The molecule has 2 aromatic rings. The molecule has 0 fully saturated rings. The predicted octanol–water partition coefficient (Wildman–Crippen LogP) is 0.714. The lowest BCUT2D eigenvalue weighted by molar-refractivity contribution is -0.114. The molecular formula is C12H11N5O4. The minimum absolute atomic E-state index is 0.0442. The van der Waals surface area contributed by atoms with Gasteiger partial charge in [-0.15, -0.1) is 0 Å². The molecule has 108 valence electrons. The van der Waals surface area contributed by atoms with E-state index in [-0.39, 0.29) is 23.0 Å². The zero-order valence-corrected chi connectivity index (χ0v) is 10.9. The quantitative estimate of drug-likeness (QED) is 0.654. The van der Waals surface area contributed by atoms with Crippen molar-refractivity contribution < 1.29 is 19.5 Å². The Kier molecular flexibility index (Phi) is 3.93. The van der Waals surface area contributed by atoms with Crippen molar-refractivity contribution in [2.45, 2.75) is 6.92 Å². The molecule has 2 rings (SSSR count). The summed E-state index contributed by atoms with van der Waals surface area (Å²) >= 11 is 0. The van der Waals surface area contributed by atoms with Crippen molar-refractivity contribution in [1.29, 1.82) is 0 Å². The summed E-state index contributed by atoms with van der Waals surface area (Å²) in [6.45, 7) is 1.31. The number of rotatable bonds is 4. The highest BCUT2D eigenvalue weighted by atomic mass is 16.4. The summed E-state index contributed by atoms with van der Waals surface area (Å²) in [6.07, 6.45) is 1.16. The van der Waals surface area contributed by atoms with E-state index in [2.05, 4.69) is 25.8 Å². The summed E-state index contributed by atoms with van der Waals surface area (Å²) < 4.78 is 0. The molecule has 1 aromatic carbocycles. The number of H-pyrrole nitrogens is 1. The number of nitrogens with zero attached hydrogens (tertiary/aromatic N) is 2. The second kappa shape index (κ2) is 5.82. The minimum Gasteiger partial charge on any atom is -0.478 e. The van der Waals surface area contributed by atoms with Crippen molar-refractivity contribution in [3.05, 3.63) is 35.9 Å². The summed E-state index contributed by atoms with van der Waals surface area (Å²) in [5.41, 5.74) is 0.240. The number of carbonyl (C=O) groups excluding carboxylic acids is 2. The van der Waals surface area contributed by atoms with Crippen LogP contribution in [0, 0.1) is 0 Å². The number of aromatic carboxylic acids is 1. The number of hydrogen-bond acceptors (Lipinski definition) is 5. The summed E-state index contributed by atoms with van der Waals surface area (Å²) in [5, 5.41) is 19.9. The number of carboxylic acids is 1. The van der Waals surface area contributed by atoms with E-state index in [1.165, 1.54) is 25.1 Å². The highest BCUT2D eigenvalue weighted by Crippen LogP contribution is 2.21. The van der Waals surface area contributed by atoms with Crippen LogP contribution in [0.15, 0.2) is 24.5 Å². The molecule has 0 radical (unpaired) electrons. The lowest BCUT2D eigenvalue weighted by Crippen LogP contribution is -2.17. The molecule has 0 aliphatic heterocycles. The highest BCUT2D eigenvalue weighted by molar-refractivity contribution is 6.06. The molecule has 4 N–H and O–H groups in total. The first kappa shape index (κ1) is 14.2. The first-order valence-electron chi connectivity index (χ1n) is 5.79. The molecule has 1 aromatic heterocycles. The van der Waals surface area contributed by atoms with E-state index in [0.29, 0.717) is 5.69 Å². The molecule has 21 heavy (non-hydrogen) atoms. The third-order valence-corrected chi connectivity index (χ3v) is 2.45. The van der Waals surface area contributed by atoms with Crippen LogP contribution in [0.5, 0.6) is 0 Å². The summed E-state index contributed by atoms with van der Waals surface area (Å²) in [6, 6.07) is 4.10. The van der Waals surface area contributed by atoms with Gasteiger partial charge < -0.3 is 15.7 Å². The number of anilines is 2. The van der Waals surface area contributed by atoms with Gasteiger partial charge in [0, 0.05) is 12.6 Å². The number of aromatic amines is 1. The standard InChI is InChI=1S/C12H11N5O4/c1-6(18)15-7-2-3-9(8(4-7)12(20)21)16-11(19)10-13-5-14-17-10/h2-5H,1H3,(H,15,18)(H,16,19)(H,20,21)(H,13,14,17). The molecule has 9 nitrogen and oxygen atoms in total. The molecule has 0 bridgehead atoms. The number of nitrogens with one attached hydrogen (secondary N) is 3. The largest absolute Gasteiger partial charge is 0.478 e. The van der Waals surface area contributed by atoms with Crippen molar-refractivity contribution in [3.63, 3.8) is 0 Å². The number of carbonyl (C=O) groups is 3. The molecule has 0 spiro atoms. The fourth-order valence-electron chi connectivity index (χ4n) is 1.61. The van der Waals surface area contributed by atoms with Gasteiger partial charge in [0.2, 0.25) is 11.7 Å². The molecule has 2 amide bonds. The normalized spacial score (nSPS) is 9.95. The number of amides is 2. The van der Waals surface area contributed by atoms with Crippen molar-refractivity contribution in [3.8, 4) is 0 Å². The van der Waals surface area contributed by atoms with E-state index < -0.39 is 11.9 Å². The maximum atomic E-state index is 11.8.